The molecule has 1 amide bonds. The van der Waals surface area contributed by atoms with Crippen molar-refractivity contribution in [2.24, 2.45) is 5.41 Å². The molecule has 0 radical (unpaired) electrons. The van der Waals surface area contributed by atoms with Crippen LogP contribution in [0.3, 0.4) is 0 Å². The van der Waals surface area contributed by atoms with Crippen molar-refractivity contribution < 1.29 is 14.7 Å². The minimum absolute atomic E-state index is 0.0997. The first-order chi connectivity index (χ1) is 8.70. The lowest BCUT2D eigenvalue weighted by Crippen LogP contribution is -2.40. The molecule has 0 bridgehead atoms. The smallest absolute Gasteiger partial charge is 0.407 e. The second-order valence-electron chi connectivity index (χ2n) is 5.94. The molecule has 0 aliphatic rings. The van der Waals surface area contributed by atoms with Gasteiger partial charge in [-0.1, -0.05) is 45.0 Å². The molecule has 0 aliphatic heterocycles. The molecule has 0 heterocycles. The van der Waals surface area contributed by atoms with E-state index in [-0.39, 0.29) is 17.7 Å². The summed E-state index contributed by atoms with van der Waals surface area (Å²) in [5.41, 5.74) is 1.28. The van der Waals surface area contributed by atoms with Gasteiger partial charge >= 0.3 is 6.09 Å². The number of benzene rings is 1. The number of hydrogen-bond acceptors (Lipinski definition) is 2. The summed E-state index contributed by atoms with van der Waals surface area (Å²) in [7, 11) is 0. The Balaban J connectivity index is 2.83. The van der Waals surface area contributed by atoms with E-state index in [0.717, 1.165) is 5.56 Å². The zero-order chi connectivity index (χ0) is 14.6. The number of carbonyl (C=O) groups is 2. The number of ketones is 1. The normalized spacial score (nSPS) is 11.2. The second-order valence-corrected chi connectivity index (χ2v) is 5.94. The van der Waals surface area contributed by atoms with Crippen molar-refractivity contribution >= 4 is 11.9 Å². The van der Waals surface area contributed by atoms with Gasteiger partial charge in [-0.15, -0.1) is 0 Å². The minimum Gasteiger partial charge on any atom is -0.465 e. The van der Waals surface area contributed by atoms with E-state index < -0.39 is 6.09 Å². The fourth-order valence-electron chi connectivity index (χ4n) is 1.91. The number of Topliss-reactive ketones (excluding diaryl/α,β-unsaturated/α-hetero) is 1. The molecular formula is C15H21NO3. The maximum Gasteiger partial charge on any atom is 0.407 e. The van der Waals surface area contributed by atoms with E-state index in [0.29, 0.717) is 12.1 Å². The summed E-state index contributed by atoms with van der Waals surface area (Å²) in [6.07, 6.45) is -1.06. The summed E-state index contributed by atoms with van der Waals surface area (Å²) in [5.74, 6) is -0.162. The van der Waals surface area contributed by atoms with E-state index in [1.54, 1.807) is 12.1 Å². The minimum atomic E-state index is -1.06. The average Bonchev–Trinajstić information content (AvgIpc) is 2.26. The summed E-state index contributed by atoms with van der Waals surface area (Å²) in [4.78, 5) is 24.5. The maximum absolute atomic E-state index is 12.2. The lowest BCUT2D eigenvalue weighted by atomic mass is 9.95. The van der Waals surface area contributed by atoms with Gasteiger partial charge in [-0.25, -0.2) is 4.79 Å². The maximum atomic E-state index is 12.2. The predicted octanol–water partition coefficient (Wildman–Crippen LogP) is 3.20. The Morgan fingerprint density at radius 2 is 1.79 bits per heavy atom. The zero-order valence-electron chi connectivity index (χ0n) is 11.9. The molecule has 0 aliphatic carbocycles. The first-order valence-corrected chi connectivity index (χ1v) is 6.27. The Morgan fingerprint density at radius 1 is 1.21 bits per heavy atom. The molecule has 4 nitrogen and oxygen atoms in total. The molecular weight excluding hydrogens is 242 g/mol. The van der Waals surface area contributed by atoms with Crippen molar-refractivity contribution in [2.45, 2.75) is 27.7 Å². The predicted molar refractivity (Wildman–Crippen MR) is 74.6 cm³/mol. The van der Waals surface area contributed by atoms with Crippen LogP contribution in [0.2, 0.25) is 0 Å². The van der Waals surface area contributed by atoms with Crippen LogP contribution in [0.25, 0.3) is 0 Å². The molecule has 1 aromatic carbocycles. The summed E-state index contributed by atoms with van der Waals surface area (Å²) in [6, 6.07) is 7.22. The van der Waals surface area contributed by atoms with Crippen LogP contribution in [0.1, 0.15) is 36.7 Å². The Bertz CT molecular complexity index is 475. The van der Waals surface area contributed by atoms with E-state index in [9.17, 15) is 14.7 Å². The van der Waals surface area contributed by atoms with Crippen LogP contribution in [0, 0.1) is 12.3 Å². The van der Waals surface area contributed by atoms with Gasteiger partial charge in [0.1, 0.15) is 0 Å². The molecule has 1 rings (SSSR count). The SMILES string of the molecule is Cc1ccccc1C(=O)CN(CC(C)(C)C)C(=O)O. The second kappa shape index (κ2) is 5.87. The van der Waals surface area contributed by atoms with Crippen LogP contribution >= 0.6 is 0 Å². The van der Waals surface area contributed by atoms with E-state index in [1.807, 2.05) is 39.8 Å². The third-order valence-electron chi connectivity index (χ3n) is 2.72. The summed E-state index contributed by atoms with van der Waals surface area (Å²) < 4.78 is 0. The van der Waals surface area contributed by atoms with Crippen LogP contribution in [-0.2, 0) is 0 Å². The Labute approximate surface area is 114 Å². The number of carboxylic acid groups (broad SMARTS) is 1. The molecule has 104 valence electrons. The number of nitrogens with zero attached hydrogens (tertiary/aromatic N) is 1. The fourth-order valence-corrected chi connectivity index (χ4v) is 1.91. The molecule has 4 heteroatoms. The van der Waals surface area contributed by atoms with Crippen LogP contribution in [0.4, 0.5) is 4.79 Å². The first-order valence-electron chi connectivity index (χ1n) is 6.27. The zero-order valence-corrected chi connectivity index (χ0v) is 11.9. The highest BCUT2D eigenvalue weighted by molar-refractivity contribution is 6.00. The Morgan fingerprint density at radius 3 is 2.26 bits per heavy atom. The molecule has 0 aromatic heterocycles. The van der Waals surface area contributed by atoms with Crippen molar-refractivity contribution in [3.8, 4) is 0 Å². The van der Waals surface area contributed by atoms with Gasteiger partial charge in [0.2, 0.25) is 0 Å². The lowest BCUT2D eigenvalue weighted by Gasteiger charge is -2.27. The van der Waals surface area contributed by atoms with Gasteiger partial charge in [-0.05, 0) is 17.9 Å². The molecule has 19 heavy (non-hydrogen) atoms. The Hall–Kier alpha value is -1.84. The van der Waals surface area contributed by atoms with Gasteiger partial charge in [0.25, 0.3) is 0 Å². The van der Waals surface area contributed by atoms with E-state index >= 15 is 0 Å². The fraction of sp³-hybridized carbons (Fsp3) is 0.467. The third kappa shape index (κ3) is 4.73. The number of aryl methyl sites for hydroxylation is 1. The van der Waals surface area contributed by atoms with Crippen LogP contribution < -0.4 is 0 Å². The highest BCUT2D eigenvalue weighted by atomic mass is 16.4. The Kier molecular flexibility index (Phi) is 4.70. The molecule has 0 unspecified atom stereocenters. The standard InChI is InChI=1S/C15H21NO3/c1-11-7-5-6-8-12(11)13(17)9-16(14(18)19)10-15(2,3)4/h5-8H,9-10H2,1-4H3,(H,18,19). The topological polar surface area (TPSA) is 57.6 Å². The van der Waals surface area contributed by atoms with Crippen molar-refractivity contribution in [2.75, 3.05) is 13.1 Å². The number of carbonyl (C=O) groups excluding carboxylic acids is 1. The van der Waals surface area contributed by atoms with Gasteiger partial charge in [0, 0.05) is 12.1 Å². The highest BCUT2D eigenvalue weighted by Crippen LogP contribution is 2.16. The largest absolute Gasteiger partial charge is 0.465 e. The molecule has 0 saturated carbocycles. The van der Waals surface area contributed by atoms with Gasteiger partial charge in [-0.3, -0.25) is 4.79 Å². The monoisotopic (exact) mass is 263 g/mol. The third-order valence-corrected chi connectivity index (χ3v) is 2.72. The summed E-state index contributed by atoms with van der Waals surface area (Å²) in [6.45, 7) is 7.92. The van der Waals surface area contributed by atoms with Crippen molar-refractivity contribution in [1.82, 2.24) is 4.90 Å². The van der Waals surface area contributed by atoms with Gasteiger partial charge in [0.15, 0.2) is 5.78 Å². The van der Waals surface area contributed by atoms with Crippen molar-refractivity contribution in [1.29, 1.82) is 0 Å². The van der Waals surface area contributed by atoms with Gasteiger partial charge < -0.3 is 10.0 Å². The molecule has 1 N–H and O–H groups in total. The number of hydrogen-bond donors (Lipinski definition) is 1. The molecule has 1 aromatic rings. The quantitative estimate of drug-likeness (QED) is 0.849. The highest BCUT2D eigenvalue weighted by Gasteiger charge is 2.23. The van der Waals surface area contributed by atoms with Crippen LogP contribution in [0.5, 0.6) is 0 Å². The number of amides is 1. The summed E-state index contributed by atoms with van der Waals surface area (Å²) in [5, 5.41) is 9.18. The van der Waals surface area contributed by atoms with Gasteiger partial charge in [-0.2, -0.15) is 0 Å². The van der Waals surface area contributed by atoms with Crippen LogP contribution in [-0.4, -0.2) is 35.0 Å². The number of rotatable bonds is 4. The molecule has 0 fully saturated rings. The van der Waals surface area contributed by atoms with E-state index in [1.165, 1.54) is 4.90 Å². The lowest BCUT2D eigenvalue weighted by molar-refractivity contribution is 0.0868. The average molecular weight is 263 g/mol. The molecule has 0 spiro atoms. The first kappa shape index (κ1) is 15.2. The van der Waals surface area contributed by atoms with E-state index in [2.05, 4.69) is 0 Å². The van der Waals surface area contributed by atoms with E-state index in [4.69, 9.17) is 0 Å². The molecule has 0 atom stereocenters. The van der Waals surface area contributed by atoms with Crippen molar-refractivity contribution in [3.05, 3.63) is 35.4 Å². The van der Waals surface area contributed by atoms with Crippen LogP contribution in [0.15, 0.2) is 24.3 Å². The van der Waals surface area contributed by atoms with Gasteiger partial charge in [0.05, 0.1) is 6.54 Å². The summed E-state index contributed by atoms with van der Waals surface area (Å²) >= 11 is 0. The van der Waals surface area contributed by atoms with Crippen molar-refractivity contribution in [3.63, 3.8) is 0 Å². The molecule has 0 saturated heterocycles.